The molecule has 0 fully saturated rings. The Hall–Kier alpha value is -0.520. The van der Waals surface area contributed by atoms with Crippen LogP contribution in [0.4, 0.5) is 0 Å². The van der Waals surface area contributed by atoms with Gasteiger partial charge in [-0.3, -0.25) is 0 Å². The van der Waals surface area contributed by atoms with E-state index in [0.717, 1.165) is 0 Å². The van der Waals surface area contributed by atoms with Crippen molar-refractivity contribution in [3.05, 3.63) is 23.3 Å². The highest BCUT2D eigenvalue weighted by Crippen LogP contribution is 2.36. The first-order valence-corrected chi connectivity index (χ1v) is 4.73. The summed E-state index contributed by atoms with van der Waals surface area (Å²) in [5.41, 5.74) is 3.32. The molecular weight excluding hydrogens is 132 g/mol. The van der Waals surface area contributed by atoms with Crippen molar-refractivity contribution in [3.8, 4) is 0 Å². The first-order chi connectivity index (χ1) is 5.42. The third kappa shape index (κ3) is 1.15. The molecule has 0 aromatic rings. The zero-order valence-corrected chi connectivity index (χ0v) is 7.19. The Morgan fingerprint density at radius 2 is 2.27 bits per heavy atom. The molecule has 0 spiro atoms. The Bertz CT molecular complexity index is 208. The highest BCUT2D eigenvalue weighted by atomic mass is 14.3. The molecule has 1 unspecified atom stereocenters. The molecule has 0 saturated heterocycles. The molecule has 0 amide bonds. The summed E-state index contributed by atoms with van der Waals surface area (Å²) >= 11 is 0. The van der Waals surface area contributed by atoms with E-state index in [0.29, 0.717) is 5.92 Å². The normalized spacial score (nSPS) is 29.4. The van der Waals surface area contributed by atoms with Crippen LogP contribution in [0.15, 0.2) is 17.2 Å². The largest absolute Gasteiger partial charge is 0.0645 e. The summed E-state index contributed by atoms with van der Waals surface area (Å²) in [4.78, 5) is 0. The fourth-order valence-corrected chi connectivity index (χ4v) is 2.18. The summed E-state index contributed by atoms with van der Waals surface area (Å²) in [5, 5.41) is 0. The van der Waals surface area contributed by atoms with Gasteiger partial charge in [0.05, 0.1) is 0 Å². The molecule has 0 heteroatoms. The van der Waals surface area contributed by atoms with Crippen LogP contribution in [0, 0.1) is 12.0 Å². The molecule has 0 aromatic carbocycles. The van der Waals surface area contributed by atoms with Gasteiger partial charge < -0.3 is 0 Å². The van der Waals surface area contributed by atoms with Crippen LogP contribution in [-0.4, -0.2) is 0 Å². The highest BCUT2D eigenvalue weighted by molar-refractivity contribution is 5.35. The van der Waals surface area contributed by atoms with Crippen LogP contribution in [-0.2, 0) is 0 Å². The standard InChI is InChI=1S/C11H15/c1-2-9-7-8-10-5-3-4-6-11(9)10/h8-9H,2-6H2,1H3. The molecule has 59 valence electrons. The van der Waals surface area contributed by atoms with Crippen molar-refractivity contribution in [2.75, 3.05) is 0 Å². The van der Waals surface area contributed by atoms with Gasteiger partial charge in [0, 0.05) is 5.92 Å². The monoisotopic (exact) mass is 147 g/mol. The van der Waals surface area contributed by atoms with Crippen LogP contribution in [0.1, 0.15) is 39.0 Å². The van der Waals surface area contributed by atoms with Crippen LogP contribution < -0.4 is 0 Å². The van der Waals surface area contributed by atoms with Crippen molar-refractivity contribution in [1.29, 1.82) is 0 Å². The van der Waals surface area contributed by atoms with Gasteiger partial charge in [0.25, 0.3) is 0 Å². The molecule has 0 aromatic heterocycles. The van der Waals surface area contributed by atoms with Gasteiger partial charge in [0.1, 0.15) is 0 Å². The predicted octanol–water partition coefficient (Wildman–Crippen LogP) is 3.26. The molecule has 2 aliphatic carbocycles. The maximum absolute atomic E-state index is 3.45. The smallest absolute Gasteiger partial charge is 0.00544 e. The maximum Gasteiger partial charge on any atom is 0.00544 e. The van der Waals surface area contributed by atoms with Crippen molar-refractivity contribution in [2.45, 2.75) is 39.0 Å². The minimum atomic E-state index is 0.685. The third-order valence-corrected chi connectivity index (χ3v) is 2.84. The summed E-state index contributed by atoms with van der Waals surface area (Å²) < 4.78 is 0. The minimum absolute atomic E-state index is 0.685. The second-order valence-electron chi connectivity index (χ2n) is 3.53. The van der Waals surface area contributed by atoms with Gasteiger partial charge in [-0.05, 0) is 43.8 Å². The zero-order valence-electron chi connectivity index (χ0n) is 7.19. The molecule has 0 N–H and O–H groups in total. The lowest BCUT2D eigenvalue weighted by Gasteiger charge is -2.17. The van der Waals surface area contributed by atoms with Crippen LogP contribution in [0.3, 0.4) is 0 Å². The molecule has 11 heavy (non-hydrogen) atoms. The topological polar surface area (TPSA) is 0 Å². The Kier molecular flexibility index (Phi) is 1.85. The summed E-state index contributed by atoms with van der Waals surface area (Å²) in [6.45, 7) is 2.26. The van der Waals surface area contributed by atoms with Gasteiger partial charge in [-0.2, -0.15) is 0 Å². The van der Waals surface area contributed by atoms with E-state index in [1.807, 2.05) is 0 Å². The minimum Gasteiger partial charge on any atom is -0.0645 e. The van der Waals surface area contributed by atoms with Crippen LogP contribution in [0.2, 0.25) is 0 Å². The lowest BCUT2D eigenvalue weighted by atomic mass is 9.88. The Balaban J connectivity index is 2.21. The van der Waals surface area contributed by atoms with Crippen molar-refractivity contribution in [1.82, 2.24) is 0 Å². The Morgan fingerprint density at radius 1 is 1.45 bits per heavy atom. The van der Waals surface area contributed by atoms with Gasteiger partial charge in [0.2, 0.25) is 0 Å². The fourth-order valence-electron chi connectivity index (χ4n) is 2.18. The van der Waals surface area contributed by atoms with E-state index in [4.69, 9.17) is 0 Å². The zero-order chi connectivity index (χ0) is 7.68. The van der Waals surface area contributed by atoms with Crippen molar-refractivity contribution < 1.29 is 0 Å². The van der Waals surface area contributed by atoms with Crippen LogP contribution in [0.25, 0.3) is 0 Å². The number of hydrogen-bond donors (Lipinski definition) is 0. The van der Waals surface area contributed by atoms with Crippen LogP contribution >= 0.6 is 0 Å². The SMILES string of the molecule is CCC1[C]=CC2=C1CCCC2. The van der Waals surface area contributed by atoms with E-state index in [9.17, 15) is 0 Å². The molecular formula is C11H15. The lowest BCUT2D eigenvalue weighted by Crippen LogP contribution is -2.02. The second kappa shape index (κ2) is 2.84. The average molecular weight is 147 g/mol. The average Bonchev–Trinajstić information content (AvgIpc) is 2.47. The number of hydrogen-bond acceptors (Lipinski definition) is 0. The quantitative estimate of drug-likeness (QED) is 0.534. The molecule has 1 radical (unpaired) electrons. The summed E-state index contributed by atoms with van der Waals surface area (Å²) in [7, 11) is 0. The molecule has 0 nitrogen and oxygen atoms in total. The maximum atomic E-state index is 3.45. The number of rotatable bonds is 1. The summed E-state index contributed by atoms with van der Waals surface area (Å²) in [6.07, 6.45) is 12.4. The molecule has 2 rings (SSSR count). The predicted molar refractivity (Wildman–Crippen MR) is 47.1 cm³/mol. The summed E-state index contributed by atoms with van der Waals surface area (Å²) in [5.74, 6) is 0.685. The molecule has 0 aliphatic heterocycles. The fraction of sp³-hybridized carbons (Fsp3) is 0.636. The molecule has 0 saturated carbocycles. The number of allylic oxidation sites excluding steroid dienone is 4. The molecule has 0 bridgehead atoms. The van der Waals surface area contributed by atoms with Gasteiger partial charge in [-0.1, -0.05) is 18.6 Å². The van der Waals surface area contributed by atoms with Crippen molar-refractivity contribution in [2.24, 2.45) is 5.92 Å². The van der Waals surface area contributed by atoms with Gasteiger partial charge in [0.15, 0.2) is 0 Å². The van der Waals surface area contributed by atoms with E-state index in [-0.39, 0.29) is 0 Å². The molecule has 1 atom stereocenters. The van der Waals surface area contributed by atoms with Crippen molar-refractivity contribution in [3.63, 3.8) is 0 Å². The Labute approximate surface area is 69.0 Å². The van der Waals surface area contributed by atoms with Crippen LogP contribution in [0.5, 0.6) is 0 Å². The van der Waals surface area contributed by atoms with Gasteiger partial charge >= 0.3 is 0 Å². The van der Waals surface area contributed by atoms with Gasteiger partial charge in [-0.15, -0.1) is 0 Å². The summed E-state index contributed by atoms with van der Waals surface area (Å²) in [6, 6.07) is 0. The van der Waals surface area contributed by atoms with Gasteiger partial charge in [-0.25, -0.2) is 0 Å². The molecule has 0 heterocycles. The van der Waals surface area contributed by atoms with E-state index in [1.165, 1.54) is 32.1 Å². The third-order valence-electron chi connectivity index (χ3n) is 2.84. The van der Waals surface area contributed by atoms with E-state index >= 15 is 0 Å². The van der Waals surface area contributed by atoms with E-state index < -0.39 is 0 Å². The van der Waals surface area contributed by atoms with E-state index in [2.05, 4.69) is 19.1 Å². The Morgan fingerprint density at radius 3 is 3.09 bits per heavy atom. The first-order valence-electron chi connectivity index (χ1n) is 4.73. The highest BCUT2D eigenvalue weighted by Gasteiger charge is 2.21. The van der Waals surface area contributed by atoms with Crippen molar-refractivity contribution >= 4 is 0 Å². The van der Waals surface area contributed by atoms with E-state index in [1.54, 1.807) is 11.1 Å². The first kappa shape index (κ1) is 7.15. The second-order valence-corrected chi connectivity index (χ2v) is 3.53. The lowest BCUT2D eigenvalue weighted by molar-refractivity contribution is 0.607. The molecule has 2 aliphatic rings.